The third kappa shape index (κ3) is 3.70. The number of hydrogen-bond donors (Lipinski definition) is 1. The summed E-state index contributed by atoms with van der Waals surface area (Å²) in [5.41, 5.74) is 1.82. The smallest absolute Gasteiger partial charge is 0.139 e. The van der Waals surface area contributed by atoms with Gasteiger partial charge in [-0.25, -0.2) is 4.39 Å². The molecule has 0 saturated carbocycles. The minimum atomic E-state index is -0.277. The first kappa shape index (κ1) is 14.3. The van der Waals surface area contributed by atoms with Crippen molar-refractivity contribution in [1.29, 1.82) is 0 Å². The minimum absolute atomic E-state index is 0.277. The largest absolute Gasteiger partial charge is 0.496 e. The van der Waals surface area contributed by atoms with Crippen molar-refractivity contribution in [2.75, 3.05) is 12.4 Å². The molecule has 2 nitrogen and oxygen atoms in total. The average Bonchev–Trinajstić information content (AvgIpc) is 2.40. The first-order valence-corrected chi connectivity index (χ1v) is 7.20. The molecule has 0 fully saturated rings. The lowest BCUT2D eigenvalue weighted by molar-refractivity contribution is 0.412. The first-order valence-electron chi connectivity index (χ1n) is 5.61. The maximum absolute atomic E-state index is 13.4. The fourth-order valence-electron chi connectivity index (χ4n) is 1.63. The van der Waals surface area contributed by atoms with E-state index >= 15 is 0 Å². The van der Waals surface area contributed by atoms with Gasteiger partial charge in [-0.1, -0.05) is 6.07 Å². The van der Waals surface area contributed by atoms with E-state index in [1.54, 1.807) is 13.2 Å². The summed E-state index contributed by atoms with van der Waals surface area (Å²) in [5.74, 6) is 0.513. The van der Waals surface area contributed by atoms with Gasteiger partial charge in [0.05, 0.1) is 16.1 Å². The van der Waals surface area contributed by atoms with Gasteiger partial charge >= 0.3 is 0 Å². The average molecular weight is 389 g/mol. The molecule has 0 spiro atoms. The summed E-state index contributed by atoms with van der Waals surface area (Å²) in [5, 5.41) is 3.17. The van der Waals surface area contributed by atoms with Crippen LogP contribution in [0.15, 0.2) is 45.3 Å². The monoisotopic (exact) mass is 387 g/mol. The van der Waals surface area contributed by atoms with Crippen LogP contribution in [0.5, 0.6) is 5.75 Å². The van der Waals surface area contributed by atoms with Gasteiger partial charge in [0.1, 0.15) is 11.6 Å². The fraction of sp³-hybridized carbons (Fsp3) is 0.143. The maximum Gasteiger partial charge on any atom is 0.139 e. The highest BCUT2D eigenvalue weighted by Crippen LogP contribution is 2.26. The molecule has 0 heterocycles. The molecule has 5 heteroatoms. The van der Waals surface area contributed by atoms with Gasteiger partial charge < -0.3 is 10.1 Å². The number of benzene rings is 2. The predicted molar refractivity (Wildman–Crippen MR) is 82.1 cm³/mol. The van der Waals surface area contributed by atoms with Gasteiger partial charge in [-0.05, 0) is 67.8 Å². The molecule has 100 valence electrons. The zero-order valence-corrected chi connectivity index (χ0v) is 13.4. The highest BCUT2D eigenvalue weighted by molar-refractivity contribution is 9.10. The zero-order chi connectivity index (χ0) is 13.8. The summed E-state index contributed by atoms with van der Waals surface area (Å²) in [6.07, 6.45) is 0. The maximum atomic E-state index is 13.4. The van der Waals surface area contributed by atoms with Gasteiger partial charge in [-0.3, -0.25) is 0 Å². The lowest BCUT2D eigenvalue weighted by atomic mass is 10.2. The SMILES string of the molecule is COc1ccc(CNc2ccc(Br)c(F)c2)cc1Br. The molecular formula is C14H12Br2FNO. The number of rotatable bonds is 4. The van der Waals surface area contributed by atoms with Crippen molar-refractivity contribution in [3.05, 3.63) is 56.7 Å². The van der Waals surface area contributed by atoms with E-state index in [9.17, 15) is 4.39 Å². The Morgan fingerprint density at radius 2 is 1.89 bits per heavy atom. The summed E-state index contributed by atoms with van der Waals surface area (Å²) < 4.78 is 19.9. The Morgan fingerprint density at radius 1 is 1.11 bits per heavy atom. The zero-order valence-electron chi connectivity index (χ0n) is 10.2. The van der Waals surface area contributed by atoms with E-state index in [0.29, 0.717) is 11.0 Å². The molecule has 19 heavy (non-hydrogen) atoms. The molecule has 0 aromatic heterocycles. The van der Waals surface area contributed by atoms with Gasteiger partial charge in [0.25, 0.3) is 0 Å². The second-order valence-corrected chi connectivity index (χ2v) is 5.66. The van der Waals surface area contributed by atoms with Gasteiger partial charge in [0.2, 0.25) is 0 Å². The summed E-state index contributed by atoms with van der Waals surface area (Å²) in [7, 11) is 1.63. The topological polar surface area (TPSA) is 21.3 Å². The van der Waals surface area contributed by atoms with E-state index in [0.717, 1.165) is 21.5 Å². The molecular weight excluding hydrogens is 377 g/mol. The van der Waals surface area contributed by atoms with Crippen LogP contribution in [0, 0.1) is 5.82 Å². The number of ether oxygens (including phenoxy) is 1. The molecule has 0 aliphatic carbocycles. The second kappa shape index (κ2) is 6.39. The van der Waals surface area contributed by atoms with Crippen LogP contribution in [-0.2, 0) is 6.54 Å². The Morgan fingerprint density at radius 3 is 2.53 bits per heavy atom. The molecule has 1 N–H and O–H groups in total. The van der Waals surface area contributed by atoms with E-state index < -0.39 is 0 Å². The molecule has 0 atom stereocenters. The van der Waals surface area contributed by atoms with Crippen molar-refractivity contribution in [3.8, 4) is 5.75 Å². The van der Waals surface area contributed by atoms with Crippen LogP contribution in [0.3, 0.4) is 0 Å². The van der Waals surface area contributed by atoms with E-state index in [2.05, 4.69) is 37.2 Å². The van der Waals surface area contributed by atoms with Crippen LogP contribution in [0.1, 0.15) is 5.56 Å². The summed E-state index contributed by atoms with van der Waals surface area (Å²) in [6.45, 7) is 0.615. The van der Waals surface area contributed by atoms with Crippen molar-refractivity contribution in [2.45, 2.75) is 6.54 Å². The van der Waals surface area contributed by atoms with Crippen molar-refractivity contribution in [3.63, 3.8) is 0 Å². The Kier molecular flexibility index (Phi) is 4.82. The molecule has 0 bridgehead atoms. The lowest BCUT2D eigenvalue weighted by Crippen LogP contribution is -2.00. The summed E-state index contributed by atoms with van der Waals surface area (Å²) in [4.78, 5) is 0. The molecule has 0 radical (unpaired) electrons. The molecule has 0 aliphatic rings. The van der Waals surface area contributed by atoms with E-state index in [1.165, 1.54) is 6.07 Å². The number of halogens is 3. The fourth-order valence-corrected chi connectivity index (χ4v) is 2.46. The Balaban J connectivity index is 2.05. The standard InChI is InChI=1S/C14H12Br2FNO/c1-19-14-5-2-9(6-12(14)16)8-18-10-3-4-11(15)13(17)7-10/h2-7,18H,8H2,1H3. The van der Waals surface area contributed by atoms with Crippen LogP contribution in [0.2, 0.25) is 0 Å². The van der Waals surface area contributed by atoms with Crippen molar-refractivity contribution in [2.24, 2.45) is 0 Å². The molecule has 0 aliphatic heterocycles. The molecule has 2 aromatic rings. The van der Waals surface area contributed by atoms with Crippen LogP contribution >= 0.6 is 31.9 Å². The quantitative estimate of drug-likeness (QED) is 0.798. The van der Waals surface area contributed by atoms with Crippen LogP contribution in [-0.4, -0.2) is 7.11 Å². The molecule has 0 amide bonds. The predicted octanol–water partition coefficient (Wildman–Crippen LogP) is 4.97. The number of anilines is 1. The van der Waals surface area contributed by atoms with Gasteiger partial charge in [0.15, 0.2) is 0 Å². The number of methoxy groups -OCH3 is 1. The third-order valence-electron chi connectivity index (χ3n) is 2.63. The summed E-state index contributed by atoms with van der Waals surface area (Å²) in [6, 6.07) is 10.8. The van der Waals surface area contributed by atoms with E-state index in [1.807, 2.05) is 24.3 Å². The van der Waals surface area contributed by atoms with Gasteiger partial charge in [0, 0.05) is 12.2 Å². The van der Waals surface area contributed by atoms with Gasteiger partial charge in [-0.2, -0.15) is 0 Å². The first-order chi connectivity index (χ1) is 9.10. The highest BCUT2D eigenvalue weighted by atomic mass is 79.9. The van der Waals surface area contributed by atoms with E-state index in [-0.39, 0.29) is 5.82 Å². The Labute approximate surface area is 128 Å². The van der Waals surface area contributed by atoms with E-state index in [4.69, 9.17) is 4.74 Å². The van der Waals surface area contributed by atoms with Gasteiger partial charge in [-0.15, -0.1) is 0 Å². The second-order valence-electron chi connectivity index (χ2n) is 3.95. The highest BCUT2D eigenvalue weighted by Gasteiger charge is 2.03. The lowest BCUT2D eigenvalue weighted by Gasteiger charge is -2.09. The summed E-state index contributed by atoms with van der Waals surface area (Å²) >= 11 is 6.56. The molecule has 2 rings (SSSR count). The van der Waals surface area contributed by atoms with Crippen molar-refractivity contribution < 1.29 is 9.13 Å². The van der Waals surface area contributed by atoms with Crippen LogP contribution in [0.25, 0.3) is 0 Å². The third-order valence-corrected chi connectivity index (χ3v) is 3.90. The molecule has 0 unspecified atom stereocenters. The number of hydrogen-bond acceptors (Lipinski definition) is 2. The Hall–Kier alpha value is -1.07. The minimum Gasteiger partial charge on any atom is -0.496 e. The van der Waals surface area contributed by atoms with Crippen molar-refractivity contribution in [1.82, 2.24) is 0 Å². The number of nitrogens with one attached hydrogen (secondary N) is 1. The normalized spacial score (nSPS) is 10.3. The molecule has 0 saturated heterocycles. The van der Waals surface area contributed by atoms with Crippen LogP contribution < -0.4 is 10.1 Å². The van der Waals surface area contributed by atoms with Crippen molar-refractivity contribution >= 4 is 37.5 Å². The Bertz CT molecular complexity index is 590. The van der Waals surface area contributed by atoms with Crippen LogP contribution in [0.4, 0.5) is 10.1 Å². The molecule has 2 aromatic carbocycles.